The third-order valence-corrected chi connectivity index (χ3v) is 7.99. The molecule has 0 fully saturated rings. The first-order valence-electron chi connectivity index (χ1n) is 11.2. The minimum absolute atomic E-state index is 0.0542. The molecule has 2 aromatic rings. The highest BCUT2D eigenvalue weighted by molar-refractivity contribution is 9.10. The van der Waals surface area contributed by atoms with Crippen LogP contribution in [0.15, 0.2) is 49.9 Å². The average molecular weight is 651 g/mol. The lowest BCUT2D eigenvalue weighted by molar-refractivity contribution is -0.150. The number of hydrogen-bond acceptors (Lipinski definition) is 7. The van der Waals surface area contributed by atoms with Crippen LogP contribution >= 0.6 is 43.6 Å². The SMILES string of the molecule is CCc1cc(Br)cc(C)c1NC(=O)CSC1=C(C#N)[C@H](c2ccc(OC)c(Br)c2)[C@H](C(=O)OC)C(=O)N1. The summed E-state index contributed by atoms with van der Waals surface area (Å²) in [6, 6.07) is 11.1. The quantitative estimate of drug-likeness (QED) is 0.298. The van der Waals surface area contributed by atoms with Gasteiger partial charge < -0.3 is 20.1 Å². The molecule has 2 aromatic carbocycles. The average Bonchev–Trinajstić information content (AvgIpc) is 2.87. The van der Waals surface area contributed by atoms with Gasteiger partial charge in [-0.05, 0) is 70.2 Å². The number of anilines is 1. The Balaban J connectivity index is 1.94. The topological polar surface area (TPSA) is 118 Å². The van der Waals surface area contributed by atoms with E-state index in [4.69, 9.17) is 9.47 Å². The molecule has 0 saturated heterocycles. The van der Waals surface area contributed by atoms with Gasteiger partial charge in [-0.15, -0.1) is 0 Å². The van der Waals surface area contributed by atoms with E-state index in [9.17, 15) is 19.6 Å². The van der Waals surface area contributed by atoms with Crippen LogP contribution in [0.2, 0.25) is 0 Å². The second-order valence-electron chi connectivity index (χ2n) is 8.16. The summed E-state index contributed by atoms with van der Waals surface area (Å²) in [6.45, 7) is 3.91. The lowest BCUT2D eigenvalue weighted by atomic mass is 9.78. The number of amides is 2. The number of rotatable bonds is 8. The first-order valence-corrected chi connectivity index (χ1v) is 13.8. The number of halogens is 2. The maximum atomic E-state index is 13.0. The molecule has 0 spiro atoms. The Morgan fingerprint density at radius 3 is 2.54 bits per heavy atom. The van der Waals surface area contributed by atoms with Gasteiger partial charge in [0.1, 0.15) is 11.7 Å². The van der Waals surface area contributed by atoms with E-state index in [1.54, 1.807) is 18.2 Å². The molecule has 0 saturated carbocycles. The van der Waals surface area contributed by atoms with E-state index in [0.29, 0.717) is 15.8 Å². The van der Waals surface area contributed by atoms with Gasteiger partial charge in [0.2, 0.25) is 11.8 Å². The van der Waals surface area contributed by atoms with Crippen molar-refractivity contribution in [3.8, 4) is 11.8 Å². The van der Waals surface area contributed by atoms with Crippen molar-refractivity contribution in [3.63, 3.8) is 0 Å². The zero-order valence-electron chi connectivity index (χ0n) is 20.6. The summed E-state index contributed by atoms with van der Waals surface area (Å²) in [5.74, 6) is -3.33. The number of carbonyl (C=O) groups excluding carboxylic acids is 3. The van der Waals surface area contributed by atoms with E-state index in [1.807, 2.05) is 26.0 Å². The summed E-state index contributed by atoms with van der Waals surface area (Å²) in [4.78, 5) is 38.5. The van der Waals surface area contributed by atoms with Crippen LogP contribution in [0.4, 0.5) is 5.69 Å². The molecule has 0 unspecified atom stereocenters. The predicted octanol–water partition coefficient (Wildman–Crippen LogP) is 5.20. The highest BCUT2D eigenvalue weighted by atomic mass is 79.9. The van der Waals surface area contributed by atoms with Crippen LogP contribution in [0.3, 0.4) is 0 Å². The number of thioether (sulfide) groups is 1. The lowest BCUT2D eigenvalue weighted by Gasteiger charge is -2.31. The summed E-state index contributed by atoms with van der Waals surface area (Å²) in [7, 11) is 2.71. The van der Waals surface area contributed by atoms with Crippen LogP contribution in [0.1, 0.15) is 29.5 Å². The lowest BCUT2D eigenvalue weighted by Crippen LogP contribution is -2.44. The van der Waals surface area contributed by atoms with Gasteiger partial charge in [0, 0.05) is 16.1 Å². The summed E-state index contributed by atoms with van der Waals surface area (Å²) >= 11 is 7.93. The molecular formula is C26H25Br2N3O5S. The standard InChI is InChI=1S/C26H25Br2N3O5S/c1-5-14-9-16(27)8-13(2)23(14)30-20(32)12-37-25-17(11-29)21(22(24(33)31-25)26(34)36-4)15-6-7-19(35-3)18(28)10-15/h6-10,21-22H,5,12H2,1-4H3,(H,30,32)(H,31,33)/t21-,22-/m0/s1. The molecule has 1 aliphatic heterocycles. The Morgan fingerprint density at radius 2 is 1.95 bits per heavy atom. The number of benzene rings is 2. The molecule has 2 N–H and O–H groups in total. The van der Waals surface area contributed by atoms with Crippen molar-refractivity contribution in [2.45, 2.75) is 26.2 Å². The maximum absolute atomic E-state index is 13.0. The van der Waals surface area contributed by atoms with Crippen LogP contribution in [0, 0.1) is 24.2 Å². The third kappa shape index (κ3) is 6.37. The number of carbonyl (C=O) groups is 3. The minimum Gasteiger partial charge on any atom is -0.496 e. The van der Waals surface area contributed by atoms with E-state index < -0.39 is 23.7 Å². The van der Waals surface area contributed by atoms with Gasteiger partial charge in [-0.2, -0.15) is 5.26 Å². The van der Waals surface area contributed by atoms with Gasteiger partial charge in [0.25, 0.3) is 0 Å². The largest absolute Gasteiger partial charge is 0.496 e. The predicted molar refractivity (Wildman–Crippen MR) is 149 cm³/mol. The Kier molecular flexibility index (Phi) is 9.81. The molecule has 8 nitrogen and oxygen atoms in total. The number of aryl methyl sites for hydroxylation is 2. The molecule has 0 bridgehead atoms. The van der Waals surface area contributed by atoms with Crippen molar-refractivity contribution in [2.24, 2.45) is 5.92 Å². The highest BCUT2D eigenvalue weighted by Gasteiger charge is 2.44. The number of hydrogen-bond donors (Lipinski definition) is 2. The summed E-state index contributed by atoms with van der Waals surface area (Å²) in [5, 5.41) is 15.9. The molecule has 3 rings (SSSR count). The zero-order valence-corrected chi connectivity index (χ0v) is 24.6. The van der Waals surface area contributed by atoms with Gasteiger partial charge in [-0.25, -0.2) is 0 Å². The van der Waals surface area contributed by atoms with Gasteiger partial charge >= 0.3 is 5.97 Å². The fourth-order valence-corrected chi connectivity index (χ4v) is 6.17. The van der Waals surface area contributed by atoms with E-state index in [-0.39, 0.29) is 22.3 Å². The number of nitrogens with zero attached hydrogens (tertiary/aromatic N) is 1. The molecule has 2 amide bonds. The van der Waals surface area contributed by atoms with Crippen LogP contribution in [-0.4, -0.2) is 37.8 Å². The molecule has 0 aromatic heterocycles. The van der Waals surface area contributed by atoms with E-state index in [2.05, 4.69) is 48.6 Å². The Bertz CT molecular complexity index is 1320. The Hall–Kier alpha value is -2.81. The molecule has 1 heterocycles. The number of nitrogens with one attached hydrogen (secondary N) is 2. The monoisotopic (exact) mass is 649 g/mol. The number of ether oxygens (including phenoxy) is 2. The van der Waals surface area contributed by atoms with E-state index in [1.165, 1.54) is 14.2 Å². The van der Waals surface area contributed by atoms with E-state index >= 15 is 0 Å². The second-order valence-corrected chi connectivity index (χ2v) is 10.9. The number of nitriles is 1. The van der Waals surface area contributed by atoms with Gasteiger partial charge in [-0.3, -0.25) is 14.4 Å². The van der Waals surface area contributed by atoms with Crippen molar-refractivity contribution in [1.82, 2.24) is 5.32 Å². The molecule has 1 aliphatic rings. The highest BCUT2D eigenvalue weighted by Crippen LogP contribution is 2.42. The van der Waals surface area contributed by atoms with Crippen molar-refractivity contribution < 1.29 is 23.9 Å². The molecule has 0 radical (unpaired) electrons. The van der Waals surface area contributed by atoms with Crippen LogP contribution in [-0.2, 0) is 25.5 Å². The molecule has 11 heteroatoms. The number of methoxy groups -OCH3 is 2. The fraction of sp³-hybridized carbons (Fsp3) is 0.308. The van der Waals surface area contributed by atoms with Crippen molar-refractivity contribution in [2.75, 3.05) is 25.3 Å². The van der Waals surface area contributed by atoms with Crippen LogP contribution < -0.4 is 15.4 Å². The van der Waals surface area contributed by atoms with Gasteiger partial charge in [0.15, 0.2) is 0 Å². The van der Waals surface area contributed by atoms with Crippen molar-refractivity contribution >= 4 is 67.1 Å². The first-order chi connectivity index (χ1) is 17.6. The number of esters is 1. The molecule has 37 heavy (non-hydrogen) atoms. The number of allylic oxidation sites excluding steroid dienone is 1. The second kappa shape index (κ2) is 12.6. The minimum atomic E-state index is -1.27. The Morgan fingerprint density at radius 1 is 1.22 bits per heavy atom. The van der Waals surface area contributed by atoms with Crippen LogP contribution in [0.25, 0.3) is 0 Å². The summed E-state index contributed by atoms with van der Waals surface area (Å²) < 4.78 is 11.7. The third-order valence-electron chi connectivity index (χ3n) is 5.89. The van der Waals surface area contributed by atoms with Crippen molar-refractivity contribution in [1.29, 1.82) is 5.26 Å². The van der Waals surface area contributed by atoms with Gasteiger partial charge in [0.05, 0.1) is 41.1 Å². The van der Waals surface area contributed by atoms with E-state index in [0.717, 1.165) is 39.5 Å². The zero-order chi connectivity index (χ0) is 27.3. The smallest absolute Gasteiger partial charge is 0.319 e. The first kappa shape index (κ1) is 28.8. The maximum Gasteiger partial charge on any atom is 0.319 e. The molecule has 2 atom stereocenters. The summed E-state index contributed by atoms with van der Waals surface area (Å²) in [5.41, 5.74) is 3.36. The molecular weight excluding hydrogens is 626 g/mol. The normalized spacial score (nSPS) is 17.1. The Labute approximate surface area is 236 Å². The summed E-state index contributed by atoms with van der Waals surface area (Å²) in [6.07, 6.45) is 0.733. The molecule has 0 aliphatic carbocycles. The van der Waals surface area contributed by atoms with Crippen molar-refractivity contribution in [3.05, 3.63) is 66.6 Å². The van der Waals surface area contributed by atoms with Crippen LogP contribution in [0.5, 0.6) is 5.75 Å². The van der Waals surface area contributed by atoms with Gasteiger partial charge in [-0.1, -0.05) is 40.7 Å². The fourth-order valence-electron chi connectivity index (χ4n) is 4.14. The molecule has 194 valence electrons.